The van der Waals surface area contributed by atoms with Crippen LogP contribution in [0.5, 0.6) is 0 Å². The third kappa shape index (κ3) is 2.80. The summed E-state index contributed by atoms with van der Waals surface area (Å²) in [5, 5.41) is 0. The van der Waals surface area contributed by atoms with Crippen molar-refractivity contribution >= 4 is 25.7 Å². The molecule has 0 saturated carbocycles. The van der Waals surface area contributed by atoms with E-state index in [2.05, 4.69) is 0 Å². The van der Waals surface area contributed by atoms with Gasteiger partial charge in [0.05, 0.1) is 0 Å². The molecule has 0 fully saturated rings. The minimum absolute atomic E-state index is 0.240. The molecule has 2 nitrogen and oxygen atoms in total. The van der Waals surface area contributed by atoms with E-state index in [1.165, 1.54) is 0 Å². The van der Waals surface area contributed by atoms with E-state index in [9.17, 15) is 4.57 Å². The van der Waals surface area contributed by atoms with Crippen LogP contribution >= 0.6 is 6.72 Å². The van der Waals surface area contributed by atoms with E-state index >= 15 is 0 Å². The standard InChI is InChI=1S/C7H9O2PSe/c1-6-4-2-3-5-7(6)11-10(8)9/h2-5,10H,1H3,(H,8,9). The molecule has 1 unspecified atom stereocenters. The molecule has 0 aromatic heterocycles. The molecule has 0 aliphatic rings. The fraction of sp³-hybridized carbons (Fsp3) is 0.143. The van der Waals surface area contributed by atoms with Crippen molar-refractivity contribution in [3.8, 4) is 0 Å². The Labute approximate surface area is 72.3 Å². The van der Waals surface area contributed by atoms with Gasteiger partial charge in [-0.3, -0.25) is 0 Å². The van der Waals surface area contributed by atoms with Gasteiger partial charge >= 0.3 is 71.9 Å². The van der Waals surface area contributed by atoms with Crippen LogP contribution in [0.4, 0.5) is 0 Å². The first-order valence-electron chi connectivity index (χ1n) is 3.16. The first-order valence-corrected chi connectivity index (χ1v) is 7.85. The van der Waals surface area contributed by atoms with Crippen LogP contribution in [0, 0.1) is 6.92 Å². The molecule has 0 aliphatic heterocycles. The van der Waals surface area contributed by atoms with Crippen LogP contribution in [0.3, 0.4) is 0 Å². The fourth-order valence-corrected chi connectivity index (χ4v) is 4.12. The molecule has 0 spiro atoms. The molecule has 1 aromatic carbocycles. The summed E-state index contributed by atoms with van der Waals surface area (Å²) in [4.78, 5) is 8.70. The molecule has 0 aliphatic carbocycles. The molecule has 11 heavy (non-hydrogen) atoms. The van der Waals surface area contributed by atoms with Crippen LogP contribution in [0.2, 0.25) is 0 Å². The predicted molar refractivity (Wildman–Crippen MR) is 47.8 cm³/mol. The number of rotatable bonds is 2. The van der Waals surface area contributed by atoms with Crippen molar-refractivity contribution in [3.63, 3.8) is 0 Å². The predicted octanol–water partition coefficient (Wildman–Crippen LogP) is 0.707. The second-order valence-electron chi connectivity index (χ2n) is 2.13. The molecule has 1 rings (SSSR count). The normalized spacial score (nSPS) is 12.9. The van der Waals surface area contributed by atoms with Gasteiger partial charge in [-0.05, 0) is 0 Å². The number of aryl methyl sites for hydroxylation is 1. The Morgan fingerprint density at radius 1 is 1.45 bits per heavy atom. The average Bonchev–Trinajstić information content (AvgIpc) is 1.93. The zero-order valence-corrected chi connectivity index (χ0v) is 8.79. The van der Waals surface area contributed by atoms with Gasteiger partial charge in [0, 0.05) is 0 Å². The third-order valence-corrected chi connectivity index (χ3v) is 5.13. The van der Waals surface area contributed by atoms with Gasteiger partial charge in [0.15, 0.2) is 0 Å². The molecule has 4 heteroatoms. The molecular formula is C7H9O2PSe. The quantitative estimate of drug-likeness (QED) is 0.605. The van der Waals surface area contributed by atoms with Crippen molar-refractivity contribution in [2.75, 3.05) is 0 Å². The summed E-state index contributed by atoms with van der Waals surface area (Å²) in [6, 6.07) is 7.70. The van der Waals surface area contributed by atoms with E-state index in [4.69, 9.17) is 4.89 Å². The fourth-order valence-electron chi connectivity index (χ4n) is 0.765. The maximum atomic E-state index is 10.5. The van der Waals surface area contributed by atoms with Crippen LogP contribution in [-0.2, 0) is 4.57 Å². The van der Waals surface area contributed by atoms with E-state index in [0.29, 0.717) is 0 Å². The molecule has 0 amide bonds. The number of hydrogen-bond acceptors (Lipinski definition) is 1. The van der Waals surface area contributed by atoms with E-state index in [1.54, 1.807) is 0 Å². The van der Waals surface area contributed by atoms with Crippen molar-refractivity contribution in [2.24, 2.45) is 0 Å². The van der Waals surface area contributed by atoms with E-state index in [-0.39, 0.29) is 14.5 Å². The zero-order valence-electron chi connectivity index (χ0n) is 6.07. The van der Waals surface area contributed by atoms with E-state index in [0.717, 1.165) is 10.0 Å². The maximum absolute atomic E-state index is 10.5. The minimum atomic E-state index is -2.30. The summed E-state index contributed by atoms with van der Waals surface area (Å²) in [6.07, 6.45) is 0. The summed E-state index contributed by atoms with van der Waals surface area (Å²) in [5.41, 5.74) is 1.11. The van der Waals surface area contributed by atoms with Crippen molar-refractivity contribution in [2.45, 2.75) is 6.92 Å². The van der Waals surface area contributed by atoms with Gasteiger partial charge in [0.1, 0.15) is 0 Å². The Morgan fingerprint density at radius 3 is 2.64 bits per heavy atom. The summed E-state index contributed by atoms with van der Waals surface area (Å²) in [6.45, 7) is -0.336. The molecule has 0 saturated heterocycles. The first kappa shape index (κ1) is 9.02. The topological polar surface area (TPSA) is 37.3 Å². The molecule has 0 radical (unpaired) electrons. The number of benzene rings is 1. The van der Waals surface area contributed by atoms with Crippen LogP contribution in [0.1, 0.15) is 5.56 Å². The first-order chi connectivity index (χ1) is 5.20. The van der Waals surface area contributed by atoms with Crippen LogP contribution in [0.25, 0.3) is 0 Å². The van der Waals surface area contributed by atoms with Gasteiger partial charge in [0.2, 0.25) is 0 Å². The second-order valence-corrected chi connectivity index (χ2v) is 7.28. The van der Waals surface area contributed by atoms with Crippen LogP contribution < -0.4 is 4.46 Å². The average molecular weight is 235 g/mol. The van der Waals surface area contributed by atoms with Crippen molar-refractivity contribution in [1.82, 2.24) is 0 Å². The SMILES string of the molecule is Cc1ccccc1[Se][PH](=O)O. The summed E-state index contributed by atoms with van der Waals surface area (Å²) in [7, 11) is 0. The van der Waals surface area contributed by atoms with Crippen LogP contribution in [0.15, 0.2) is 24.3 Å². The Balaban J connectivity index is 2.86. The van der Waals surface area contributed by atoms with Gasteiger partial charge in [-0.1, -0.05) is 0 Å². The van der Waals surface area contributed by atoms with Gasteiger partial charge < -0.3 is 0 Å². The summed E-state index contributed by atoms with van der Waals surface area (Å²) >= 11 is -0.240. The molecule has 1 aromatic rings. The Bertz CT molecular complexity index is 275. The molecule has 0 heterocycles. The summed E-state index contributed by atoms with van der Waals surface area (Å²) in [5.74, 6) is 0. The molecule has 0 bridgehead atoms. The van der Waals surface area contributed by atoms with Gasteiger partial charge in [-0.25, -0.2) is 0 Å². The van der Waals surface area contributed by atoms with Gasteiger partial charge in [-0.2, -0.15) is 0 Å². The second kappa shape index (κ2) is 4.08. The molecular weight excluding hydrogens is 226 g/mol. The Kier molecular flexibility index (Phi) is 3.35. The molecule has 1 atom stereocenters. The van der Waals surface area contributed by atoms with E-state index in [1.807, 2.05) is 31.2 Å². The van der Waals surface area contributed by atoms with Crippen molar-refractivity contribution in [1.29, 1.82) is 0 Å². The Hall–Kier alpha value is -0.0705. The van der Waals surface area contributed by atoms with Gasteiger partial charge in [-0.15, -0.1) is 0 Å². The molecule has 60 valence electrons. The van der Waals surface area contributed by atoms with Crippen molar-refractivity contribution < 1.29 is 9.46 Å². The zero-order chi connectivity index (χ0) is 8.27. The monoisotopic (exact) mass is 236 g/mol. The third-order valence-electron chi connectivity index (χ3n) is 1.29. The molecule has 1 N–H and O–H groups in total. The van der Waals surface area contributed by atoms with Crippen molar-refractivity contribution in [3.05, 3.63) is 29.8 Å². The van der Waals surface area contributed by atoms with Gasteiger partial charge in [0.25, 0.3) is 0 Å². The number of hydrogen-bond donors (Lipinski definition) is 1. The summed E-state index contributed by atoms with van der Waals surface area (Å²) < 4.78 is 11.6. The van der Waals surface area contributed by atoms with E-state index < -0.39 is 6.72 Å². The Morgan fingerprint density at radius 2 is 2.09 bits per heavy atom. The van der Waals surface area contributed by atoms with Crippen LogP contribution in [-0.4, -0.2) is 19.4 Å².